The van der Waals surface area contributed by atoms with Crippen LogP contribution < -0.4 is 0 Å². The highest BCUT2D eigenvalue weighted by Gasteiger charge is 2.24. The van der Waals surface area contributed by atoms with E-state index in [1.165, 1.54) is 4.90 Å². The molecule has 0 unspecified atom stereocenters. The van der Waals surface area contributed by atoms with Crippen molar-refractivity contribution in [1.29, 1.82) is 0 Å². The molecule has 30 heavy (non-hydrogen) atoms. The third-order valence-corrected chi connectivity index (χ3v) is 4.02. The molecule has 0 atom stereocenters. The molecule has 0 aliphatic heterocycles. The van der Waals surface area contributed by atoms with E-state index in [0.717, 1.165) is 12.1 Å². The van der Waals surface area contributed by atoms with Crippen molar-refractivity contribution in [1.82, 2.24) is 4.90 Å². The number of carbonyl (C=O) groups excluding carboxylic acids is 3. The van der Waals surface area contributed by atoms with Crippen molar-refractivity contribution in [2.45, 2.75) is 27.2 Å². The number of esters is 1. The second-order valence-corrected chi connectivity index (χ2v) is 7.89. The Balaban J connectivity index is 1.97. The van der Waals surface area contributed by atoms with E-state index >= 15 is 0 Å². The van der Waals surface area contributed by atoms with Crippen molar-refractivity contribution in [3.8, 4) is 0 Å². The Hall–Kier alpha value is -3.49. The van der Waals surface area contributed by atoms with E-state index in [2.05, 4.69) is 0 Å². The fourth-order valence-corrected chi connectivity index (χ4v) is 2.69. The lowest BCUT2D eigenvalue weighted by atomic mass is 9.95. The zero-order valence-electron chi connectivity index (χ0n) is 17.1. The SMILES string of the molecule is CC(C)(C)CN(CCC(=O)c1ccccc1)C(=O)COC(=O)c1ccc([N+](=O)[O-])o1. The third-order valence-electron chi connectivity index (χ3n) is 4.02. The van der Waals surface area contributed by atoms with Gasteiger partial charge in [0.15, 0.2) is 12.4 Å². The van der Waals surface area contributed by atoms with Crippen LogP contribution in [-0.2, 0) is 9.53 Å². The van der Waals surface area contributed by atoms with Gasteiger partial charge in [0.1, 0.15) is 4.92 Å². The summed E-state index contributed by atoms with van der Waals surface area (Å²) in [5.74, 6) is -2.51. The fraction of sp³-hybridized carbons (Fsp3) is 0.381. The maximum absolute atomic E-state index is 12.6. The molecule has 160 valence electrons. The van der Waals surface area contributed by atoms with Gasteiger partial charge in [0.2, 0.25) is 5.76 Å². The number of carbonyl (C=O) groups is 3. The van der Waals surface area contributed by atoms with Crippen molar-refractivity contribution < 1.29 is 28.5 Å². The number of furan rings is 1. The number of nitro groups is 1. The lowest BCUT2D eigenvalue weighted by molar-refractivity contribution is -0.402. The Morgan fingerprint density at radius 3 is 2.33 bits per heavy atom. The summed E-state index contributed by atoms with van der Waals surface area (Å²) in [6.45, 7) is 5.80. The van der Waals surface area contributed by atoms with Gasteiger partial charge in [0.25, 0.3) is 5.91 Å². The van der Waals surface area contributed by atoms with Crippen LogP contribution >= 0.6 is 0 Å². The number of rotatable bonds is 9. The minimum absolute atomic E-state index is 0.0952. The molecule has 0 fully saturated rings. The maximum Gasteiger partial charge on any atom is 0.433 e. The van der Waals surface area contributed by atoms with Crippen LogP contribution in [0.4, 0.5) is 5.88 Å². The maximum atomic E-state index is 12.6. The second kappa shape index (κ2) is 9.82. The summed E-state index contributed by atoms with van der Waals surface area (Å²) >= 11 is 0. The minimum Gasteiger partial charge on any atom is -0.450 e. The van der Waals surface area contributed by atoms with Gasteiger partial charge in [-0.2, -0.15) is 0 Å². The van der Waals surface area contributed by atoms with Gasteiger partial charge in [-0.05, 0) is 11.5 Å². The van der Waals surface area contributed by atoms with Crippen LogP contribution in [0.5, 0.6) is 0 Å². The van der Waals surface area contributed by atoms with Gasteiger partial charge in [-0.3, -0.25) is 19.7 Å². The molecular formula is C21H24N2O7. The number of ketones is 1. The molecule has 0 saturated carbocycles. The molecule has 9 nitrogen and oxygen atoms in total. The van der Waals surface area contributed by atoms with Crippen LogP contribution in [0.15, 0.2) is 46.9 Å². The standard InChI is InChI=1S/C21H24N2O7/c1-21(2,3)14-22(12-11-16(24)15-7-5-4-6-8-15)18(25)13-29-20(26)17-9-10-19(30-17)23(27)28/h4-10H,11-14H2,1-3H3. The van der Waals surface area contributed by atoms with Gasteiger partial charge in [0, 0.05) is 25.1 Å². The Morgan fingerprint density at radius 2 is 1.77 bits per heavy atom. The lowest BCUT2D eigenvalue weighted by Crippen LogP contribution is -2.41. The normalized spacial score (nSPS) is 11.0. The molecule has 1 heterocycles. The predicted molar refractivity (Wildman–Crippen MR) is 107 cm³/mol. The monoisotopic (exact) mass is 416 g/mol. The molecule has 1 aromatic carbocycles. The zero-order chi connectivity index (χ0) is 22.3. The van der Waals surface area contributed by atoms with Crippen molar-refractivity contribution >= 4 is 23.5 Å². The summed E-state index contributed by atoms with van der Waals surface area (Å²) in [4.78, 5) is 48.3. The molecule has 9 heteroatoms. The van der Waals surface area contributed by atoms with Gasteiger partial charge in [0.05, 0.1) is 6.07 Å². The van der Waals surface area contributed by atoms with E-state index in [1.807, 2.05) is 26.8 Å². The van der Waals surface area contributed by atoms with Crippen LogP contribution in [0, 0.1) is 15.5 Å². The molecule has 1 aromatic heterocycles. The van der Waals surface area contributed by atoms with E-state index in [-0.39, 0.29) is 29.9 Å². The Bertz CT molecular complexity index is 913. The second-order valence-electron chi connectivity index (χ2n) is 7.89. The van der Waals surface area contributed by atoms with E-state index < -0.39 is 29.3 Å². The minimum atomic E-state index is -0.979. The predicted octanol–water partition coefficient (Wildman–Crippen LogP) is 3.49. The zero-order valence-corrected chi connectivity index (χ0v) is 17.1. The topological polar surface area (TPSA) is 120 Å². The first-order valence-corrected chi connectivity index (χ1v) is 9.34. The van der Waals surface area contributed by atoms with Crippen molar-refractivity contribution in [2.75, 3.05) is 19.7 Å². The molecule has 0 aliphatic carbocycles. The first-order chi connectivity index (χ1) is 14.1. The molecule has 0 bridgehead atoms. The highest BCUT2D eigenvalue weighted by Crippen LogP contribution is 2.18. The third kappa shape index (κ3) is 6.84. The lowest BCUT2D eigenvalue weighted by Gasteiger charge is -2.29. The summed E-state index contributed by atoms with van der Waals surface area (Å²) in [5, 5.41) is 10.6. The van der Waals surface area contributed by atoms with Crippen LogP contribution in [0.25, 0.3) is 0 Å². The number of Topliss-reactive ketones (excluding diaryl/α,β-unsaturated/α-hetero) is 1. The average molecular weight is 416 g/mol. The number of nitrogens with zero attached hydrogens (tertiary/aromatic N) is 2. The van der Waals surface area contributed by atoms with E-state index in [9.17, 15) is 24.5 Å². The van der Waals surface area contributed by atoms with Crippen LogP contribution in [-0.4, -0.2) is 47.2 Å². The summed E-state index contributed by atoms with van der Waals surface area (Å²) in [6.07, 6.45) is 0.129. The molecule has 2 rings (SSSR count). The Morgan fingerprint density at radius 1 is 1.10 bits per heavy atom. The number of ether oxygens (including phenoxy) is 1. The molecule has 0 radical (unpaired) electrons. The Kier molecular flexibility index (Phi) is 7.46. The van der Waals surface area contributed by atoms with Gasteiger partial charge in [-0.25, -0.2) is 4.79 Å². The molecular weight excluding hydrogens is 392 g/mol. The fourth-order valence-electron chi connectivity index (χ4n) is 2.69. The average Bonchev–Trinajstić information content (AvgIpc) is 3.19. The smallest absolute Gasteiger partial charge is 0.433 e. The van der Waals surface area contributed by atoms with E-state index in [1.54, 1.807) is 24.3 Å². The molecule has 1 amide bonds. The van der Waals surface area contributed by atoms with Crippen LogP contribution in [0.1, 0.15) is 48.1 Å². The van der Waals surface area contributed by atoms with Crippen molar-refractivity contribution in [3.63, 3.8) is 0 Å². The summed E-state index contributed by atoms with van der Waals surface area (Å²) in [6, 6.07) is 10.9. The van der Waals surface area contributed by atoms with E-state index in [0.29, 0.717) is 12.1 Å². The molecule has 0 spiro atoms. The van der Waals surface area contributed by atoms with E-state index in [4.69, 9.17) is 9.15 Å². The summed E-state index contributed by atoms with van der Waals surface area (Å²) < 4.78 is 9.70. The molecule has 2 aromatic rings. The van der Waals surface area contributed by atoms with Crippen molar-refractivity contribution in [2.24, 2.45) is 5.41 Å². The van der Waals surface area contributed by atoms with Gasteiger partial charge < -0.3 is 14.1 Å². The largest absolute Gasteiger partial charge is 0.450 e. The van der Waals surface area contributed by atoms with Gasteiger partial charge in [-0.1, -0.05) is 51.1 Å². The summed E-state index contributed by atoms with van der Waals surface area (Å²) in [7, 11) is 0. The first-order valence-electron chi connectivity index (χ1n) is 9.34. The number of amides is 1. The highest BCUT2D eigenvalue weighted by molar-refractivity contribution is 5.96. The van der Waals surface area contributed by atoms with Gasteiger partial charge >= 0.3 is 11.9 Å². The van der Waals surface area contributed by atoms with Crippen LogP contribution in [0.3, 0.4) is 0 Å². The molecule has 0 N–H and O–H groups in total. The van der Waals surface area contributed by atoms with Crippen LogP contribution in [0.2, 0.25) is 0 Å². The highest BCUT2D eigenvalue weighted by atomic mass is 16.7. The molecule has 0 aliphatic rings. The molecule has 0 saturated heterocycles. The number of hydrogen-bond acceptors (Lipinski definition) is 7. The number of benzene rings is 1. The summed E-state index contributed by atoms with van der Waals surface area (Å²) in [5.41, 5.74) is 0.323. The number of hydrogen-bond donors (Lipinski definition) is 0. The van der Waals surface area contributed by atoms with Gasteiger partial charge in [-0.15, -0.1) is 0 Å². The van der Waals surface area contributed by atoms with Crippen molar-refractivity contribution in [3.05, 3.63) is 63.9 Å². The Labute approximate surface area is 173 Å². The first kappa shape index (κ1) is 22.8. The quantitative estimate of drug-likeness (QED) is 0.265.